The Bertz CT molecular complexity index is 1490. The number of aliphatic carboxylic acids is 1. The number of aryl methyl sites for hydroxylation is 1. The van der Waals surface area contributed by atoms with Gasteiger partial charge in [-0.3, -0.25) is 24.0 Å². The van der Waals surface area contributed by atoms with E-state index in [1.165, 1.54) is 12.0 Å². The van der Waals surface area contributed by atoms with Crippen molar-refractivity contribution in [2.75, 3.05) is 33.9 Å². The molecule has 4 rings (SSSR count). The van der Waals surface area contributed by atoms with Crippen LogP contribution in [0.5, 0.6) is 5.75 Å². The molecule has 2 heterocycles. The van der Waals surface area contributed by atoms with E-state index in [-0.39, 0.29) is 25.1 Å². The fraction of sp³-hybridized carbons (Fsp3) is 0.345. The fourth-order valence-electron chi connectivity index (χ4n) is 4.69. The average Bonchev–Trinajstić information content (AvgIpc) is 3.44. The van der Waals surface area contributed by atoms with Crippen LogP contribution in [0.2, 0.25) is 0 Å². The van der Waals surface area contributed by atoms with Crippen molar-refractivity contribution in [1.29, 1.82) is 0 Å². The SMILES string of the molecule is COC(=O)C[C@H]1C(=O)N(CC(=O)O)CCN1C(=O)[C@H](Cc1ccc(OC)cc1)NC(=O)c1ccc(-c2noc(C)n2)cc1. The molecule has 2 N–H and O–H groups in total. The number of nitrogens with zero attached hydrogens (tertiary/aromatic N) is 4. The van der Waals surface area contributed by atoms with Crippen LogP contribution < -0.4 is 10.1 Å². The molecule has 1 aliphatic rings. The Morgan fingerprint density at radius 1 is 1.07 bits per heavy atom. The lowest BCUT2D eigenvalue weighted by atomic mass is 10.0. The minimum atomic E-state index is -1.30. The number of nitrogens with one attached hydrogen (secondary N) is 1. The van der Waals surface area contributed by atoms with Crippen molar-refractivity contribution < 1.29 is 43.1 Å². The third-order valence-corrected chi connectivity index (χ3v) is 6.92. The molecule has 1 fully saturated rings. The quantitative estimate of drug-likeness (QED) is 0.304. The van der Waals surface area contributed by atoms with Crippen LogP contribution in [0.1, 0.15) is 28.2 Å². The molecule has 0 bridgehead atoms. The number of esters is 1. The van der Waals surface area contributed by atoms with Crippen LogP contribution in [0.3, 0.4) is 0 Å². The number of hydrogen-bond donors (Lipinski definition) is 2. The normalized spacial score (nSPS) is 15.5. The number of methoxy groups -OCH3 is 2. The van der Waals surface area contributed by atoms with Gasteiger partial charge in [0.15, 0.2) is 0 Å². The van der Waals surface area contributed by atoms with Gasteiger partial charge in [0.05, 0.1) is 20.6 Å². The first-order valence-corrected chi connectivity index (χ1v) is 13.3. The Morgan fingerprint density at radius 3 is 2.35 bits per heavy atom. The molecule has 3 amide bonds. The Balaban J connectivity index is 1.60. The van der Waals surface area contributed by atoms with Crippen molar-refractivity contribution in [3.63, 3.8) is 0 Å². The molecule has 226 valence electrons. The molecular formula is C29H31N5O9. The molecular weight excluding hydrogens is 562 g/mol. The summed E-state index contributed by atoms with van der Waals surface area (Å²) in [6, 6.07) is 10.9. The molecule has 0 unspecified atom stereocenters. The molecule has 2 aromatic carbocycles. The number of aromatic nitrogens is 2. The Hall–Kier alpha value is -5.27. The van der Waals surface area contributed by atoms with Crippen molar-refractivity contribution in [3.05, 3.63) is 65.5 Å². The molecule has 0 saturated carbocycles. The first kappa shape index (κ1) is 30.7. The third kappa shape index (κ3) is 7.52. The molecule has 14 nitrogen and oxygen atoms in total. The zero-order valence-corrected chi connectivity index (χ0v) is 23.8. The van der Waals surface area contributed by atoms with E-state index >= 15 is 0 Å². The van der Waals surface area contributed by atoms with Crippen LogP contribution in [0, 0.1) is 6.92 Å². The minimum Gasteiger partial charge on any atom is -0.497 e. The number of amides is 3. The van der Waals surface area contributed by atoms with Gasteiger partial charge in [-0.1, -0.05) is 29.4 Å². The van der Waals surface area contributed by atoms with Crippen molar-refractivity contribution in [2.24, 2.45) is 0 Å². The maximum absolute atomic E-state index is 14.0. The summed E-state index contributed by atoms with van der Waals surface area (Å²) in [6.45, 7) is 0.972. The van der Waals surface area contributed by atoms with E-state index in [0.717, 1.165) is 12.0 Å². The molecule has 14 heteroatoms. The van der Waals surface area contributed by atoms with Crippen LogP contribution in [-0.2, 0) is 30.3 Å². The van der Waals surface area contributed by atoms with Gasteiger partial charge in [-0.25, -0.2) is 0 Å². The number of piperazine rings is 1. The predicted molar refractivity (Wildman–Crippen MR) is 149 cm³/mol. The van der Waals surface area contributed by atoms with Gasteiger partial charge in [0.25, 0.3) is 5.91 Å². The summed E-state index contributed by atoms with van der Waals surface area (Å²) in [5, 5.41) is 15.9. The van der Waals surface area contributed by atoms with Gasteiger partial charge in [-0.05, 0) is 29.8 Å². The van der Waals surface area contributed by atoms with Crippen molar-refractivity contribution in [2.45, 2.75) is 31.8 Å². The zero-order chi connectivity index (χ0) is 31.1. The lowest BCUT2D eigenvalue weighted by molar-refractivity contribution is -0.159. The summed E-state index contributed by atoms with van der Waals surface area (Å²) in [4.78, 5) is 70.5. The largest absolute Gasteiger partial charge is 0.497 e. The monoisotopic (exact) mass is 593 g/mol. The first-order valence-electron chi connectivity index (χ1n) is 13.3. The van der Waals surface area contributed by atoms with E-state index in [2.05, 4.69) is 15.5 Å². The molecule has 1 saturated heterocycles. The summed E-state index contributed by atoms with van der Waals surface area (Å²) in [5.41, 5.74) is 1.58. The van der Waals surface area contributed by atoms with E-state index in [1.807, 2.05) is 0 Å². The summed E-state index contributed by atoms with van der Waals surface area (Å²) in [5.74, 6) is -2.48. The standard InChI is InChI=1S/C29H31N5O9/c1-17-30-26(32-43-17)19-6-8-20(9-7-19)27(38)31-22(14-18-4-10-21(41-2)11-5-18)28(39)34-13-12-33(16-24(35)36)29(40)23(34)15-25(37)42-3/h4-11,22-23H,12-16H2,1-3H3,(H,31,38)(H,35,36)/t22-,23-/m0/s1. The predicted octanol–water partition coefficient (Wildman–Crippen LogP) is 1.08. The van der Waals surface area contributed by atoms with Gasteiger partial charge in [0.1, 0.15) is 24.4 Å². The molecule has 0 radical (unpaired) electrons. The Morgan fingerprint density at radius 2 is 1.77 bits per heavy atom. The molecule has 1 aromatic heterocycles. The molecule has 0 aliphatic carbocycles. The zero-order valence-electron chi connectivity index (χ0n) is 23.8. The number of carboxylic acids is 1. The summed E-state index contributed by atoms with van der Waals surface area (Å²) >= 11 is 0. The first-order chi connectivity index (χ1) is 20.6. The number of rotatable bonds is 11. The maximum atomic E-state index is 14.0. The highest BCUT2D eigenvalue weighted by Crippen LogP contribution is 2.21. The number of benzene rings is 2. The highest BCUT2D eigenvalue weighted by Gasteiger charge is 2.42. The molecule has 2 atom stereocenters. The van der Waals surface area contributed by atoms with Gasteiger partial charge in [0, 0.05) is 37.6 Å². The van der Waals surface area contributed by atoms with E-state index in [1.54, 1.807) is 55.5 Å². The highest BCUT2D eigenvalue weighted by molar-refractivity contribution is 5.99. The minimum absolute atomic E-state index is 0.0483. The van der Waals surface area contributed by atoms with E-state index in [9.17, 15) is 29.1 Å². The van der Waals surface area contributed by atoms with Crippen LogP contribution >= 0.6 is 0 Å². The average molecular weight is 594 g/mol. The van der Waals surface area contributed by atoms with E-state index in [4.69, 9.17) is 14.0 Å². The number of carbonyl (C=O) groups is 5. The third-order valence-electron chi connectivity index (χ3n) is 6.92. The Labute approximate surface area is 246 Å². The molecule has 3 aromatic rings. The summed E-state index contributed by atoms with van der Waals surface area (Å²) in [7, 11) is 2.67. The van der Waals surface area contributed by atoms with Crippen molar-refractivity contribution in [3.8, 4) is 17.1 Å². The van der Waals surface area contributed by atoms with E-state index in [0.29, 0.717) is 28.6 Å². The molecule has 0 spiro atoms. The number of ether oxygens (including phenoxy) is 2. The highest BCUT2D eigenvalue weighted by atomic mass is 16.5. The number of hydrogen-bond acceptors (Lipinski definition) is 10. The van der Waals surface area contributed by atoms with Gasteiger partial charge in [-0.15, -0.1) is 0 Å². The van der Waals surface area contributed by atoms with Crippen molar-refractivity contribution >= 4 is 29.7 Å². The van der Waals surface area contributed by atoms with E-state index < -0.39 is 54.7 Å². The molecule has 1 aliphatic heterocycles. The molecule has 43 heavy (non-hydrogen) atoms. The lowest BCUT2D eigenvalue weighted by Gasteiger charge is -2.41. The topological polar surface area (TPSA) is 181 Å². The van der Waals surface area contributed by atoms with Crippen LogP contribution in [0.15, 0.2) is 53.1 Å². The number of carboxylic acid groups (broad SMARTS) is 1. The van der Waals surface area contributed by atoms with Gasteiger partial charge in [0.2, 0.25) is 23.5 Å². The fourth-order valence-corrected chi connectivity index (χ4v) is 4.69. The van der Waals surface area contributed by atoms with Gasteiger partial charge < -0.3 is 34.2 Å². The Kier molecular flexibility index (Phi) is 9.70. The van der Waals surface area contributed by atoms with Gasteiger partial charge in [-0.2, -0.15) is 4.98 Å². The maximum Gasteiger partial charge on any atom is 0.323 e. The van der Waals surface area contributed by atoms with Crippen LogP contribution in [-0.4, -0.2) is 101 Å². The second kappa shape index (κ2) is 13.6. The second-order valence-corrected chi connectivity index (χ2v) is 9.77. The smallest absolute Gasteiger partial charge is 0.323 e. The second-order valence-electron chi connectivity index (χ2n) is 9.77. The van der Waals surface area contributed by atoms with Crippen molar-refractivity contribution in [1.82, 2.24) is 25.3 Å². The summed E-state index contributed by atoms with van der Waals surface area (Å²) in [6.07, 6.45) is -0.416. The van der Waals surface area contributed by atoms with Crippen LogP contribution in [0.25, 0.3) is 11.4 Å². The number of carbonyl (C=O) groups excluding carboxylic acids is 4. The van der Waals surface area contributed by atoms with Gasteiger partial charge >= 0.3 is 11.9 Å². The summed E-state index contributed by atoms with van der Waals surface area (Å²) < 4.78 is 14.9. The lowest BCUT2D eigenvalue weighted by Crippen LogP contribution is -2.63. The van der Waals surface area contributed by atoms with Crippen LogP contribution in [0.4, 0.5) is 0 Å².